The molecule has 0 spiro atoms. The van der Waals surface area contributed by atoms with Crippen molar-refractivity contribution in [2.24, 2.45) is 5.92 Å². The van der Waals surface area contributed by atoms with Crippen LogP contribution >= 0.6 is 0 Å². The second-order valence-corrected chi connectivity index (χ2v) is 15.5. The highest BCUT2D eigenvalue weighted by molar-refractivity contribution is 5.86. The Kier molecular flexibility index (Phi) is 12.2. The summed E-state index contributed by atoms with van der Waals surface area (Å²) in [4.78, 5) is 61.3. The maximum absolute atomic E-state index is 13.7. The van der Waals surface area contributed by atoms with E-state index in [1.54, 1.807) is 18.0 Å². The molecule has 298 valence electrons. The molecule has 13 nitrogen and oxygen atoms in total. The molecule has 3 fully saturated rings. The number of nitrogens with one attached hydrogen (secondary N) is 3. The highest BCUT2D eigenvalue weighted by Gasteiger charge is 2.39. The summed E-state index contributed by atoms with van der Waals surface area (Å²) in [6, 6.07) is 16.0. The van der Waals surface area contributed by atoms with Gasteiger partial charge in [-0.2, -0.15) is 0 Å². The van der Waals surface area contributed by atoms with E-state index < -0.39 is 18.2 Å². The van der Waals surface area contributed by atoms with Gasteiger partial charge in [0.2, 0.25) is 11.8 Å². The number of methoxy groups -OCH3 is 1. The Morgan fingerprint density at radius 1 is 0.786 bits per heavy atom. The largest absolute Gasteiger partial charge is 0.465 e. The number of carboxylic acid groups (broad SMARTS) is 1. The van der Waals surface area contributed by atoms with Gasteiger partial charge in [-0.1, -0.05) is 62.4 Å². The molecule has 4 atom stereocenters. The Balaban J connectivity index is 0.972. The number of rotatable bonds is 13. The molecular formula is C43H56N8O5. The molecule has 56 heavy (non-hydrogen) atoms. The smallest absolute Gasteiger partial charge is 0.405 e. The Hall–Kier alpha value is -5.01. The topological polar surface area (TPSA) is 160 Å². The molecule has 3 amide bonds. The van der Waals surface area contributed by atoms with Gasteiger partial charge in [-0.3, -0.25) is 9.59 Å². The first-order chi connectivity index (χ1) is 27.2. The zero-order chi connectivity index (χ0) is 39.3. The Morgan fingerprint density at radius 3 is 1.75 bits per heavy atom. The van der Waals surface area contributed by atoms with Gasteiger partial charge in [-0.25, -0.2) is 14.8 Å². The zero-order valence-electron chi connectivity index (χ0n) is 33.0. The lowest BCUT2D eigenvalue weighted by Gasteiger charge is -2.37. The van der Waals surface area contributed by atoms with Crippen molar-refractivity contribution in [1.82, 2.24) is 40.0 Å². The van der Waals surface area contributed by atoms with Crippen LogP contribution in [0.4, 0.5) is 4.79 Å². The third kappa shape index (κ3) is 8.24. The van der Waals surface area contributed by atoms with Gasteiger partial charge in [0.1, 0.15) is 17.7 Å². The quantitative estimate of drug-likeness (QED) is 0.113. The zero-order valence-corrected chi connectivity index (χ0v) is 33.0. The highest BCUT2D eigenvalue weighted by Crippen LogP contribution is 2.37. The number of benzene rings is 2. The van der Waals surface area contributed by atoms with Gasteiger partial charge in [0.05, 0.1) is 42.0 Å². The number of likely N-dealkylation sites (tertiary alicyclic amines) is 2. The molecule has 2 saturated heterocycles. The molecule has 1 saturated carbocycles. The molecule has 0 unspecified atom stereocenters. The first-order valence-electron chi connectivity index (χ1n) is 20.4. The van der Waals surface area contributed by atoms with Crippen LogP contribution in [-0.4, -0.2) is 109 Å². The number of H-pyrrole nitrogens is 2. The van der Waals surface area contributed by atoms with Crippen molar-refractivity contribution in [1.29, 1.82) is 0 Å². The second kappa shape index (κ2) is 17.4. The molecule has 7 rings (SSSR count). The van der Waals surface area contributed by atoms with Crippen LogP contribution in [0.1, 0.15) is 95.9 Å². The van der Waals surface area contributed by atoms with Gasteiger partial charge in [0.15, 0.2) is 0 Å². The van der Waals surface area contributed by atoms with Gasteiger partial charge >= 0.3 is 6.09 Å². The lowest BCUT2D eigenvalue weighted by Crippen LogP contribution is -2.53. The molecule has 2 aromatic carbocycles. The minimum absolute atomic E-state index is 0.00160. The van der Waals surface area contributed by atoms with Crippen LogP contribution in [0.25, 0.3) is 33.6 Å². The average molecular weight is 765 g/mol. The number of amides is 3. The summed E-state index contributed by atoms with van der Waals surface area (Å²) in [5.41, 5.74) is 5.96. The Labute approximate surface area is 329 Å². The lowest BCUT2D eigenvalue weighted by molar-refractivity contribution is -0.138. The summed E-state index contributed by atoms with van der Waals surface area (Å²) in [6.07, 6.45) is 9.38. The molecule has 2 aliphatic heterocycles. The maximum atomic E-state index is 13.7. The SMILES string of the molecule is CCN(CC)C1CCC(C(=O)N2CCC[C@H]2c2ncc(-c3ccc(-c4ccc(-c5cnc([C@@H]6CCCN6C(=O)[C@@H](NC(=O)O)[C@@H](C)OC)[nH]5)cc4)cc3)[nH]2)CC1. The normalized spacial score (nSPS) is 22.4. The van der Waals surface area contributed by atoms with E-state index in [0.29, 0.717) is 24.3 Å². The summed E-state index contributed by atoms with van der Waals surface area (Å²) in [5.74, 6) is 1.64. The van der Waals surface area contributed by atoms with E-state index in [-0.39, 0.29) is 23.9 Å². The van der Waals surface area contributed by atoms with Crippen molar-refractivity contribution in [3.63, 3.8) is 0 Å². The molecule has 0 bridgehead atoms. The van der Waals surface area contributed by atoms with E-state index in [0.717, 1.165) is 110 Å². The maximum Gasteiger partial charge on any atom is 0.405 e. The van der Waals surface area contributed by atoms with E-state index in [4.69, 9.17) is 9.72 Å². The van der Waals surface area contributed by atoms with E-state index >= 15 is 0 Å². The molecule has 3 aliphatic rings. The summed E-state index contributed by atoms with van der Waals surface area (Å²) < 4.78 is 5.31. The number of aromatic amines is 2. The number of ether oxygens (including phenoxy) is 1. The van der Waals surface area contributed by atoms with Crippen LogP contribution in [0.15, 0.2) is 60.9 Å². The molecule has 0 radical (unpaired) electrons. The number of aromatic nitrogens is 4. The fourth-order valence-corrected chi connectivity index (χ4v) is 9.11. The fourth-order valence-electron chi connectivity index (χ4n) is 9.11. The van der Waals surface area contributed by atoms with Crippen molar-refractivity contribution >= 4 is 17.9 Å². The molecule has 2 aromatic heterocycles. The third-order valence-electron chi connectivity index (χ3n) is 12.4. The van der Waals surface area contributed by atoms with E-state index in [1.165, 1.54) is 7.11 Å². The Morgan fingerprint density at radius 2 is 1.27 bits per heavy atom. The molecule has 4 aromatic rings. The molecule has 4 N–H and O–H groups in total. The fraction of sp³-hybridized carbons (Fsp3) is 0.512. The molecule has 4 heterocycles. The number of hydrogen-bond donors (Lipinski definition) is 4. The van der Waals surface area contributed by atoms with Crippen LogP contribution in [0.5, 0.6) is 0 Å². The van der Waals surface area contributed by atoms with Crippen LogP contribution in [-0.2, 0) is 14.3 Å². The van der Waals surface area contributed by atoms with Crippen molar-refractivity contribution in [2.75, 3.05) is 33.3 Å². The number of carbonyl (C=O) groups is 3. The van der Waals surface area contributed by atoms with Crippen LogP contribution < -0.4 is 5.32 Å². The number of imidazole rings is 2. The van der Waals surface area contributed by atoms with Crippen molar-refractivity contribution in [2.45, 2.75) is 102 Å². The van der Waals surface area contributed by atoms with Gasteiger partial charge in [-0.05, 0) is 93.6 Å². The van der Waals surface area contributed by atoms with Crippen LogP contribution in [0.3, 0.4) is 0 Å². The first kappa shape index (κ1) is 39.2. The van der Waals surface area contributed by atoms with Gasteiger partial charge in [0.25, 0.3) is 0 Å². The predicted molar refractivity (Wildman–Crippen MR) is 215 cm³/mol. The second-order valence-electron chi connectivity index (χ2n) is 15.5. The standard InChI is InChI=1S/C43H56N8O5/c1-5-49(6-2)33-21-19-32(20-22-33)41(52)50-23-7-9-36(50)39-44-25-34(46-39)30-15-11-28(12-16-30)29-13-17-31(18-14-29)35-26-45-40(47-35)37-10-8-24-51(37)42(53)38(27(3)56-4)48-43(54)55/h11-18,25-27,32-33,36-38,48H,5-10,19-24H2,1-4H3,(H,44,46)(H,45,47)(H,54,55)/t27-,32?,33?,36+,37+,38+/m1/s1. The van der Waals surface area contributed by atoms with E-state index in [2.05, 4.69) is 92.4 Å². The number of nitrogens with zero attached hydrogens (tertiary/aromatic N) is 5. The van der Waals surface area contributed by atoms with Crippen molar-refractivity contribution < 1.29 is 24.2 Å². The number of carbonyl (C=O) groups excluding carboxylic acids is 2. The minimum atomic E-state index is -1.27. The monoisotopic (exact) mass is 764 g/mol. The highest BCUT2D eigenvalue weighted by atomic mass is 16.5. The van der Waals surface area contributed by atoms with Gasteiger partial charge in [0, 0.05) is 32.2 Å². The molecular weight excluding hydrogens is 709 g/mol. The molecule has 1 aliphatic carbocycles. The summed E-state index contributed by atoms with van der Waals surface area (Å²) in [5, 5.41) is 11.7. The summed E-state index contributed by atoms with van der Waals surface area (Å²) >= 11 is 0. The van der Waals surface area contributed by atoms with Gasteiger partial charge in [-0.15, -0.1) is 0 Å². The average Bonchev–Trinajstić information content (AvgIpc) is 4.07. The molecule has 13 heteroatoms. The lowest BCUT2D eigenvalue weighted by atomic mass is 9.84. The summed E-state index contributed by atoms with van der Waals surface area (Å²) in [6.45, 7) is 9.59. The summed E-state index contributed by atoms with van der Waals surface area (Å²) in [7, 11) is 1.46. The minimum Gasteiger partial charge on any atom is -0.465 e. The van der Waals surface area contributed by atoms with Crippen LogP contribution in [0, 0.1) is 5.92 Å². The first-order valence-corrected chi connectivity index (χ1v) is 20.4. The predicted octanol–water partition coefficient (Wildman–Crippen LogP) is 7.03. The van der Waals surface area contributed by atoms with E-state index in [1.807, 2.05) is 6.20 Å². The third-order valence-corrected chi connectivity index (χ3v) is 12.4. The van der Waals surface area contributed by atoms with E-state index in [9.17, 15) is 19.5 Å². The van der Waals surface area contributed by atoms with Crippen molar-refractivity contribution in [3.05, 3.63) is 72.6 Å². The van der Waals surface area contributed by atoms with Crippen molar-refractivity contribution in [3.8, 4) is 33.6 Å². The van der Waals surface area contributed by atoms with Gasteiger partial charge < -0.3 is 39.8 Å². The van der Waals surface area contributed by atoms with Crippen LogP contribution in [0.2, 0.25) is 0 Å². The Bertz CT molecular complexity index is 1950. The number of hydrogen-bond acceptors (Lipinski definition) is 7.